The van der Waals surface area contributed by atoms with Gasteiger partial charge in [0.25, 0.3) is 0 Å². The number of likely N-dealkylation sites (tertiary alicyclic amines) is 1. The maximum Gasteiger partial charge on any atom is 0.186 e. The summed E-state index contributed by atoms with van der Waals surface area (Å²) in [6, 6.07) is 4.07. The van der Waals surface area contributed by atoms with E-state index >= 15 is 0 Å². The van der Waals surface area contributed by atoms with Crippen molar-refractivity contribution in [3.8, 4) is 0 Å². The summed E-state index contributed by atoms with van der Waals surface area (Å²) in [6.07, 6.45) is 3.53. The van der Waals surface area contributed by atoms with Gasteiger partial charge in [0.05, 0.1) is 11.4 Å². The van der Waals surface area contributed by atoms with Crippen LogP contribution in [0.15, 0.2) is 12.1 Å². The lowest BCUT2D eigenvalue weighted by Gasteiger charge is -2.13. The number of hydrogen-bond acceptors (Lipinski definition) is 3. The summed E-state index contributed by atoms with van der Waals surface area (Å²) in [7, 11) is 0. The van der Waals surface area contributed by atoms with Crippen LogP contribution in [-0.2, 0) is 6.42 Å². The zero-order valence-electron chi connectivity index (χ0n) is 10.7. The maximum absolute atomic E-state index is 12.1. The highest BCUT2D eigenvalue weighted by atomic mass is 32.1. The molecule has 3 heteroatoms. The Labute approximate surface area is 108 Å². The number of carbonyl (C=O) groups excluding carboxylic acids is 1. The van der Waals surface area contributed by atoms with Gasteiger partial charge in [-0.3, -0.25) is 9.69 Å². The Hall–Kier alpha value is -0.670. The molecule has 1 aromatic rings. The fourth-order valence-corrected chi connectivity index (χ4v) is 3.27. The first-order valence-corrected chi connectivity index (χ1v) is 7.38. The van der Waals surface area contributed by atoms with E-state index in [0.717, 1.165) is 30.3 Å². The highest BCUT2D eigenvalue weighted by Crippen LogP contribution is 2.21. The van der Waals surface area contributed by atoms with Gasteiger partial charge in [-0.25, -0.2) is 0 Å². The van der Waals surface area contributed by atoms with Gasteiger partial charge in [-0.15, -0.1) is 11.3 Å². The van der Waals surface area contributed by atoms with E-state index in [2.05, 4.69) is 24.8 Å². The minimum absolute atomic E-state index is 0.298. The largest absolute Gasteiger partial charge is 0.295 e. The van der Waals surface area contributed by atoms with Crippen LogP contribution in [0.25, 0.3) is 0 Å². The van der Waals surface area contributed by atoms with Gasteiger partial charge in [0.2, 0.25) is 0 Å². The van der Waals surface area contributed by atoms with E-state index in [1.807, 2.05) is 6.07 Å². The third kappa shape index (κ3) is 3.17. The fourth-order valence-electron chi connectivity index (χ4n) is 2.39. The van der Waals surface area contributed by atoms with Crippen LogP contribution in [0.5, 0.6) is 0 Å². The minimum atomic E-state index is 0.298. The smallest absolute Gasteiger partial charge is 0.186 e. The summed E-state index contributed by atoms with van der Waals surface area (Å²) < 4.78 is 0. The first-order valence-electron chi connectivity index (χ1n) is 6.57. The zero-order valence-corrected chi connectivity index (χ0v) is 11.6. The molecular formula is C14H21NOS. The quantitative estimate of drug-likeness (QED) is 0.749. The van der Waals surface area contributed by atoms with E-state index < -0.39 is 0 Å². The van der Waals surface area contributed by atoms with Crippen molar-refractivity contribution in [3.05, 3.63) is 21.9 Å². The van der Waals surface area contributed by atoms with Gasteiger partial charge < -0.3 is 0 Å². The van der Waals surface area contributed by atoms with Gasteiger partial charge in [0, 0.05) is 11.4 Å². The van der Waals surface area contributed by atoms with Gasteiger partial charge in [-0.1, -0.05) is 20.3 Å². The Morgan fingerprint density at radius 1 is 1.47 bits per heavy atom. The van der Waals surface area contributed by atoms with Crippen molar-refractivity contribution in [3.63, 3.8) is 0 Å². The predicted octanol–water partition coefficient (Wildman–Crippen LogP) is 3.23. The van der Waals surface area contributed by atoms with Gasteiger partial charge >= 0.3 is 0 Å². The molecule has 1 saturated heterocycles. The van der Waals surface area contributed by atoms with Crippen LogP contribution in [0.4, 0.5) is 0 Å². The molecule has 2 rings (SSSR count). The zero-order chi connectivity index (χ0) is 12.3. The molecule has 0 amide bonds. The molecule has 0 saturated carbocycles. The summed E-state index contributed by atoms with van der Waals surface area (Å²) in [6.45, 7) is 7.18. The van der Waals surface area contributed by atoms with Crippen LogP contribution >= 0.6 is 11.3 Å². The van der Waals surface area contributed by atoms with Crippen LogP contribution in [0.1, 0.15) is 41.2 Å². The normalized spacial score (nSPS) is 20.9. The molecule has 1 unspecified atom stereocenters. The van der Waals surface area contributed by atoms with Crippen molar-refractivity contribution in [2.45, 2.75) is 33.1 Å². The monoisotopic (exact) mass is 251 g/mol. The molecule has 0 bridgehead atoms. The minimum Gasteiger partial charge on any atom is -0.295 e. The van der Waals surface area contributed by atoms with E-state index in [4.69, 9.17) is 0 Å². The number of nitrogens with zero attached hydrogens (tertiary/aromatic N) is 1. The topological polar surface area (TPSA) is 20.3 Å². The molecule has 1 atom stereocenters. The van der Waals surface area contributed by atoms with Gasteiger partial charge in [0.15, 0.2) is 5.78 Å². The summed E-state index contributed by atoms with van der Waals surface area (Å²) in [5.74, 6) is 1.10. The van der Waals surface area contributed by atoms with Crippen molar-refractivity contribution in [1.29, 1.82) is 0 Å². The van der Waals surface area contributed by atoms with E-state index in [0.29, 0.717) is 12.3 Å². The second-order valence-corrected chi connectivity index (χ2v) is 6.01. The fraction of sp³-hybridized carbons (Fsp3) is 0.643. The average molecular weight is 251 g/mol. The van der Waals surface area contributed by atoms with Crippen LogP contribution in [0.3, 0.4) is 0 Å². The van der Waals surface area contributed by atoms with Crippen LogP contribution in [0, 0.1) is 5.92 Å². The summed E-state index contributed by atoms with van der Waals surface area (Å²) >= 11 is 1.65. The molecular weight excluding hydrogens is 230 g/mol. The first-order chi connectivity index (χ1) is 8.22. The van der Waals surface area contributed by atoms with Crippen LogP contribution < -0.4 is 0 Å². The van der Waals surface area contributed by atoms with Gasteiger partial charge in [-0.05, 0) is 37.4 Å². The third-order valence-corrected chi connectivity index (χ3v) is 4.87. The lowest BCUT2D eigenvalue weighted by atomic mass is 10.1. The second kappa shape index (κ2) is 5.78. The molecule has 0 N–H and O–H groups in total. The maximum atomic E-state index is 12.1. The highest BCUT2D eigenvalue weighted by molar-refractivity contribution is 7.14. The Morgan fingerprint density at radius 3 is 2.88 bits per heavy atom. The number of Topliss-reactive ketones (excluding diaryl/α,β-unsaturated/α-hetero) is 1. The molecule has 94 valence electrons. The van der Waals surface area contributed by atoms with E-state index in [9.17, 15) is 4.79 Å². The van der Waals surface area contributed by atoms with Crippen molar-refractivity contribution in [2.75, 3.05) is 19.6 Å². The average Bonchev–Trinajstić information content (AvgIpc) is 2.96. The van der Waals surface area contributed by atoms with Crippen molar-refractivity contribution in [2.24, 2.45) is 5.92 Å². The van der Waals surface area contributed by atoms with Gasteiger partial charge in [-0.2, -0.15) is 0 Å². The number of thiophene rings is 1. The van der Waals surface area contributed by atoms with Gasteiger partial charge in [0.1, 0.15) is 0 Å². The SMILES string of the molecule is CCc1ccc(C(=O)CN2CCC(CC)C2)s1. The highest BCUT2D eigenvalue weighted by Gasteiger charge is 2.23. The lowest BCUT2D eigenvalue weighted by molar-refractivity contribution is 0.0947. The third-order valence-electron chi connectivity index (χ3n) is 3.60. The molecule has 2 heterocycles. The Kier molecular flexibility index (Phi) is 4.35. The molecule has 1 fully saturated rings. The molecule has 0 radical (unpaired) electrons. The van der Waals surface area contributed by atoms with Crippen LogP contribution in [0.2, 0.25) is 0 Å². The molecule has 1 aromatic heterocycles. The van der Waals surface area contributed by atoms with E-state index in [1.165, 1.54) is 17.7 Å². The van der Waals surface area contributed by atoms with Crippen molar-refractivity contribution in [1.82, 2.24) is 4.90 Å². The van der Waals surface area contributed by atoms with Crippen molar-refractivity contribution < 1.29 is 4.79 Å². The molecule has 0 aromatic carbocycles. The van der Waals surface area contributed by atoms with Crippen molar-refractivity contribution >= 4 is 17.1 Å². The number of aryl methyl sites for hydroxylation is 1. The first kappa shape index (κ1) is 12.8. The molecule has 0 aliphatic carbocycles. The summed E-state index contributed by atoms with van der Waals surface area (Å²) in [4.78, 5) is 16.6. The Balaban J connectivity index is 1.89. The number of carbonyl (C=O) groups is 1. The lowest BCUT2D eigenvalue weighted by Crippen LogP contribution is -2.27. The number of ketones is 1. The second-order valence-electron chi connectivity index (χ2n) is 4.84. The van der Waals surface area contributed by atoms with E-state index in [-0.39, 0.29) is 0 Å². The standard InChI is InChI=1S/C14H21NOS/c1-3-11-7-8-15(9-11)10-13(16)14-6-5-12(4-2)17-14/h5-6,11H,3-4,7-10H2,1-2H3. The number of hydrogen-bond donors (Lipinski definition) is 0. The Bertz CT molecular complexity index is 385. The summed E-state index contributed by atoms with van der Waals surface area (Å²) in [5.41, 5.74) is 0. The summed E-state index contributed by atoms with van der Waals surface area (Å²) in [5, 5.41) is 0. The molecule has 1 aliphatic rings. The predicted molar refractivity (Wildman–Crippen MR) is 72.9 cm³/mol. The molecule has 1 aliphatic heterocycles. The molecule has 17 heavy (non-hydrogen) atoms. The molecule has 0 spiro atoms. The molecule has 2 nitrogen and oxygen atoms in total. The van der Waals surface area contributed by atoms with Crippen LogP contribution in [-0.4, -0.2) is 30.3 Å². The Morgan fingerprint density at radius 2 is 2.29 bits per heavy atom. The number of rotatable bonds is 5. The van der Waals surface area contributed by atoms with E-state index in [1.54, 1.807) is 11.3 Å².